The van der Waals surface area contributed by atoms with E-state index in [9.17, 15) is 0 Å². The minimum absolute atomic E-state index is 0.826. The van der Waals surface area contributed by atoms with Crippen LogP contribution in [0.3, 0.4) is 0 Å². The molecule has 3 nitrogen and oxygen atoms in total. The standard InChI is InChI=1S/C12H8N3/c1-2-6-10-9(4-1)5-3-7-11(10)12-8-13-15-14-12/h1-8H/q+1. The maximum atomic E-state index is 3.98. The molecule has 0 aromatic heterocycles. The molecule has 70 valence electrons. The van der Waals surface area contributed by atoms with Crippen LogP contribution >= 0.6 is 0 Å². The van der Waals surface area contributed by atoms with Gasteiger partial charge >= 0.3 is 0 Å². The molecule has 0 fully saturated rings. The lowest BCUT2D eigenvalue weighted by Gasteiger charge is -1.97. The van der Waals surface area contributed by atoms with Gasteiger partial charge in [-0.3, -0.25) is 0 Å². The van der Waals surface area contributed by atoms with Gasteiger partial charge in [0.15, 0.2) is 5.56 Å². The molecule has 0 spiro atoms. The Morgan fingerprint density at radius 1 is 0.933 bits per heavy atom. The van der Waals surface area contributed by atoms with E-state index >= 15 is 0 Å². The van der Waals surface area contributed by atoms with Crippen LogP contribution in [0.5, 0.6) is 0 Å². The largest absolute Gasteiger partial charge is 0.220 e. The fraction of sp³-hybridized carbons (Fsp3) is 0. The van der Waals surface area contributed by atoms with Gasteiger partial charge in [-0.2, -0.15) is 0 Å². The molecule has 3 rings (SSSR count). The Hall–Kier alpha value is -2.16. The molecule has 1 aliphatic rings. The lowest BCUT2D eigenvalue weighted by Crippen LogP contribution is -1.95. The Kier molecular flexibility index (Phi) is 1.75. The molecule has 0 saturated heterocycles. The van der Waals surface area contributed by atoms with E-state index in [4.69, 9.17) is 0 Å². The minimum Gasteiger partial charge on any atom is -0.120 e. The molecule has 15 heavy (non-hydrogen) atoms. The van der Waals surface area contributed by atoms with Gasteiger partial charge in [0.05, 0.1) is 5.39 Å². The molecule has 0 N–H and O–H groups in total. The van der Waals surface area contributed by atoms with E-state index in [0.29, 0.717) is 0 Å². The topological polar surface area (TPSA) is 37.1 Å². The average Bonchev–Trinajstić information content (AvgIpc) is 2.82. The van der Waals surface area contributed by atoms with Crippen molar-refractivity contribution in [3.05, 3.63) is 54.1 Å². The minimum atomic E-state index is 0.826. The van der Waals surface area contributed by atoms with Crippen LogP contribution < -0.4 is 0 Å². The van der Waals surface area contributed by atoms with Crippen LogP contribution in [0.1, 0.15) is 5.56 Å². The quantitative estimate of drug-likeness (QED) is 0.625. The molecule has 0 saturated carbocycles. The summed E-state index contributed by atoms with van der Waals surface area (Å²) in [6.45, 7) is 0. The smallest absolute Gasteiger partial charge is 0.120 e. The zero-order chi connectivity index (χ0) is 10.1. The summed E-state index contributed by atoms with van der Waals surface area (Å²) in [4.78, 5) is 0. The van der Waals surface area contributed by atoms with Gasteiger partial charge in [0, 0.05) is 17.5 Å². The van der Waals surface area contributed by atoms with Gasteiger partial charge < -0.3 is 0 Å². The SMILES string of the molecule is C1=NN=N[C+]1c1cccc2ccccc12. The van der Waals surface area contributed by atoms with Gasteiger partial charge in [-0.05, 0) is 29.5 Å². The highest BCUT2D eigenvalue weighted by Gasteiger charge is 2.23. The number of fused-ring (bicyclic) bond motifs is 1. The summed E-state index contributed by atoms with van der Waals surface area (Å²) in [7, 11) is 0. The lowest BCUT2D eigenvalue weighted by atomic mass is 10.00. The summed E-state index contributed by atoms with van der Waals surface area (Å²) in [5.74, 6) is 0. The van der Waals surface area contributed by atoms with E-state index < -0.39 is 0 Å². The molecule has 0 radical (unpaired) electrons. The number of nitrogens with zero attached hydrogens (tertiary/aromatic N) is 3. The molecular weight excluding hydrogens is 186 g/mol. The third kappa shape index (κ3) is 1.29. The zero-order valence-corrected chi connectivity index (χ0v) is 7.96. The number of hydrogen-bond donors (Lipinski definition) is 0. The summed E-state index contributed by atoms with van der Waals surface area (Å²) >= 11 is 0. The molecule has 0 unspecified atom stereocenters. The molecule has 2 aromatic carbocycles. The van der Waals surface area contributed by atoms with Crippen molar-refractivity contribution in [3.63, 3.8) is 0 Å². The molecule has 3 heteroatoms. The van der Waals surface area contributed by atoms with Crippen LogP contribution in [-0.2, 0) is 0 Å². The third-order valence-electron chi connectivity index (χ3n) is 2.45. The van der Waals surface area contributed by atoms with Crippen LogP contribution in [0.15, 0.2) is 57.9 Å². The summed E-state index contributed by atoms with van der Waals surface area (Å²) in [5.41, 5.74) is 1.08. The molecular formula is C12H8N3+. The normalized spacial score (nSPS) is 14.0. The Bertz CT molecular complexity index is 540. The Morgan fingerprint density at radius 2 is 1.80 bits per heavy atom. The fourth-order valence-electron chi connectivity index (χ4n) is 1.75. The first kappa shape index (κ1) is 8.17. The second-order valence-electron chi connectivity index (χ2n) is 3.35. The van der Waals surface area contributed by atoms with Crippen LogP contribution in [0.25, 0.3) is 10.8 Å². The second kappa shape index (κ2) is 3.20. The van der Waals surface area contributed by atoms with Gasteiger partial charge in [0.25, 0.3) is 0 Å². The van der Waals surface area contributed by atoms with Crippen LogP contribution in [0.2, 0.25) is 0 Å². The summed E-state index contributed by atoms with van der Waals surface area (Å²) in [5, 5.41) is 13.7. The van der Waals surface area contributed by atoms with Crippen molar-refractivity contribution in [2.45, 2.75) is 0 Å². The summed E-state index contributed by atoms with van der Waals surface area (Å²) < 4.78 is 0. The predicted molar refractivity (Wildman–Crippen MR) is 59.6 cm³/mol. The maximum Gasteiger partial charge on any atom is 0.220 e. The van der Waals surface area contributed by atoms with Crippen molar-refractivity contribution in [2.24, 2.45) is 15.4 Å². The Labute approximate surface area is 87.1 Å². The molecule has 2 aromatic rings. The Morgan fingerprint density at radius 3 is 2.67 bits per heavy atom. The first-order valence-corrected chi connectivity index (χ1v) is 4.74. The van der Waals surface area contributed by atoms with Crippen molar-refractivity contribution in [2.75, 3.05) is 0 Å². The molecule has 0 bridgehead atoms. The van der Waals surface area contributed by atoms with E-state index in [1.165, 1.54) is 10.8 Å². The predicted octanol–water partition coefficient (Wildman–Crippen LogP) is 3.17. The molecule has 0 aliphatic carbocycles. The molecule has 0 amide bonds. The summed E-state index contributed by atoms with van der Waals surface area (Å²) in [6, 6.07) is 15.2. The average molecular weight is 194 g/mol. The van der Waals surface area contributed by atoms with Crippen molar-refractivity contribution >= 4 is 17.0 Å². The highest BCUT2D eigenvalue weighted by atomic mass is 15.4. The third-order valence-corrected chi connectivity index (χ3v) is 2.45. The van der Waals surface area contributed by atoms with Crippen molar-refractivity contribution in [1.29, 1.82) is 0 Å². The molecule has 1 aliphatic heterocycles. The molecule has 1 heterocycles. The van der Waals surface area contributed by atoms with Crippen LogP contribution in [0.4, 0.5) is 0 Å². The highest BCUT2D eigenvalue weighted by Crippen LogP contribution is 2.26. The van der Waals surface area contributed by atoms with Crippen molar-refractivity contribution in [1.82, 2.24) is 0 Å². The van der Waals surface area contributed by atoms with E-state index in [0.717, 1.165) is 11.6 Å². The van der Waals surface area contributed by atoms with Gasteiger partial charge in [-0.15, -0.1) is 5.10 Å². The van der Waals surface area contributed by atoms with Gasteiger partial charge in [0.2, 0.25) is 6.04 Å². The number of benzene rings is 2. The zero-order valence-electron chi connectivity index (χ0n) is 7.96. The van der Waals surface area contributed by atoms with Crippen molar-refractivity contribution in [3.8, 4) is 0 Å². The second-order valence-corrected chi connectivity index (χ2v) is 3.35. The van der Waals surface area contributed by atoms with Crippen LogP contribution in [-0.4, -0.2) is 6.21 Å². The van der Waals surface area contributed by atoms with Crippen molar-refractivity contribution < 1.29 is 0 Å². The first-order valence-electron chi connectivity index (χ1n) is 4.74. The van der Waals surface area contributed by atoms with E-state index in [1.807, 2.05) is 24.3 Å². The van der Waals surface area contributed by atoms with E-state index in [2.05, 4.69) is 33.6 Å². The Balaban J connectivity index is 2.26. The van der Waals surface area contributed by atoms with E-state index in [1.54, 1.807) is 6.21 Å². The lowest BCUT2D eigenvalue weighted by molar-refractivity contribution is 1.05. The number of rotatable bonds is 1. The fourth-order valence-corrected chi connectivity index (χ4v) is 1.75. The number of hydrogen-bond acceptors (Lipinski definition) is 3. The first-order chi connectivity index (χ1) is 7.45. The summed E-state index contributed by atoms with van der Waals surface area (Å²) in [6.07, 6.45) is 1.68. The van der Waals surface area contributed by atoms with Gasteiger partial charge in [-0.25, -0.2) is 0 Å². The van der Waals surface area contributed by atoms with Crippen LogP contribution in [0, 0.1) is 6.04 Å². The maximum absolute atomic E-state index is 3.98. The molecule has 0 atom stereocenters. The highest BCUT2D eigenvalue weighted by molar-refractivity contribution is 5.94. The van der Waals surface area contributed by atoms with Gasteiger partial charge in [0.1, 0.15) is 6.21 Å². The van der Waals surface area contributed by atoms with E-state index in [-0.39, 0.29) is 0 Å². The van der Waals surface area contributed by atoms with Gasteiger partial charge in [-0.1, -0.05) is 11.2 Å². The monoisotopic (exact) mass is 194 g/mol.